The average Bonchev–Trinajstić information content (AvgIpc) is 2.92. The Kier molecular flexibility index (Phi) is 3.65. The second-order valence-corrected chi connectivity index (χ2v) is 6.48. The predicted molar refractivity (Wildman–Crippen MR) is 98.0 cm³/mol. The topological polar surface area (TPSA) is 55.3 Å². The number of pyridine rings is 1. The van der Waals surface area contributed by atoms with E-state index in [0.29, 0.717) is 19.0 Å². The standard InChI is InChI=1S/C18H20N6O/c1-21(2)11-16(25)24-15-9-5-4-8-14(15)23-12-22(3)20-18(23)13-7-6-10-19-17(13)24/h4-10H,11-12H2,1-3H3. The van der Waals surface area contributed by atoms with E-state index in [9.17, 15) is 4.79 Å². The molecule has 0 atom stereocenters. The predicted octanol–water partition coefficient (Wildman–Crippen LogP) is 1.69. The summed E-state index contributed by atoms with van der Waals surface area (Å²) in [5.41, 5.74) is 2.64. The van der Waals surface area contributed by atoms with E-state index in [4.69, 9.17) is 0 Å². The van der Waals surface area contributed by atoms with E-state index < -0.39 is 0 Å². The summed E-state index contributed by atoms with van der Waals surface area (Å²) in [5.74, 6) is 1.42. The molecular weight excluding hydrogens is 316 g/mol. The Morgan fingerprint density at radius 1 is 1.16 bits per heavy atom. The van der Waals surface area contributed by atoms with Gasteiger partial charge in [0.05, 0.1) is 23.5 Å². The minimum absolute atomic E-state index is 0.0208. The number of anilines is 3. The summed E-state index contributed by atoms with van der Waals surface area (Å²) >= 11 is 0. The molecule has 0 saturated heterocycles. The van der Waals surface area contributed by atoms with Crippen LogP contribution in [0.4, 0.5) is 17.2 Å². The maximum atomic E-state index is 13.0. The van der Waals surface area contributed by atoms with Crippen LogP contribution in [0.25, 0.3) is 0 Å². The van der Waals surface area contributed by atoms with Gasteiger partial charge in [0.1, 0.15) is 6.67 Å². The van der Waals surface area contributed by atoms with Crippen molar-refractivity contribution in [1.29, 1.82) is 0 Å². The van der Waals surface area contributed by atoms with Gasteiger partial charge < -0.3 is 9.80 Å². The highest BCUT2D eigenvalue weighted by Gasteiger charge is 2.36. The van der Waals surface area contributed by atoms with Crippen LogP contribution in [-0.4, -0.2) is 61.0 Å². The van der Waals surface area contributed by atoms with E-state index >= 15 is 0 Å². The smallest absolute Gasteiger partial charge is 0.246 e. The van der Waals surface area contributed by atoms with Gasteiger partial charge in [0, 0.05) is 13.2 Å². The van der Waals surface area contributed by atoms with Crippen molar-refractivity contribution in [1.82, 2.24) is 14.9 Å². The Hall–Kier alpha value is -2.93. The first-order chi connectivity index (χ1) is 12.1. The lowest BCUT2D eigenvalue weighted by atomic mass is 10.2. The van der Waals surface area contributed by atoms with Gasteiger partial charge >= 0.3 is 0 Å². The first-order valence-electron chi connectivity index (χ1n) is 8.15. The fourth-order valence-corrected chi connectivity index (χ4v) is 3.25. The van der Waals surface area contributed by atoms with Gasteiger partial charge in [-0.25, -0.2) is 4.98 Å². The number of nitrogens with zero attached hydrogens (tertiary/aromatic N) is 6. The molecule has 0 bridgehead atoms. The van der Waals surface area contributed by atoms with Gasteiger partial charge in [-0.05, 0) is 38.4 Å². The van der Waals surface area contributed by atoms with Crippen molar-refractivity contribution in [2.24, 2.45) is 5.10 Å². The lowest BCUT2D eigenvalue weighted by Crippen LogP contribution is -2.35. The quantitative estimate of drug-likeness (QED) is 0.835. The van der Waals surface area contributed by atoms with Crippen LogP contribution >= 0.6 is 0 Å². The maximum absolute atomic E-state index is 13.0. The van der Waals surface area contributed by atoms with Gasteiger partial charge in [-0.15, -0.1) is 0 Å². The molecule has 128 valence electrons. The number of amides is 1. The molecule has 1 aromatic heterocycles. The molecule has 0 fully saturated rings. The monoisotopic (exact) mass is 336 g/mol. The minimum Gasteiger partial charge on any atom is -0.303 e. The molecule has 1 amide bonds. The van der Waals surface area contributed by atoms with E-state index in [2.05, 4.69) is 15.0 Å². The van der Waals surface area contributed by atoms with Crippen LogP contribution < -0.4 is 9.80 Å². The van der Waals surface area contributed by atoms with Crippen LogP contribution in [0.3, 0.4) is 0 Å². The van der Waals surface area contributed by atoms with Crippen LogP contribution in [-0.2, 0) is 4.79 Å². The molecule has 7 heteroatoms. The van der Waals surface area contributed by atoms with Crippen LogP contribution in [0.15, 0.2) is 47.7 Å². The highest BCUT2D eigenvalue weighted by molar-refractivity contribution is 6.20. The number of carbonyl (C=O) groups excluding carboxylic acids is 1. The Morgan fingerprint density at radius 2 is 1.92 bits per heavy atom. The van der Waals surface area contributed by atoms with E-state index in [0.717, 1.165) is 22.8 Å². The molecule has 0 aliphatic carbocycles. The van der Waals surface area contributed by atoms with Gasteiger partial charge in [-0.2, -0.15) is 5.10 Å². The number of hydrogen-bond acceptors (Lipinski definition) is 6. The number of aromatic nitrogens is 1. The Labute approximate surface area is 146 Å². The Bertz CT molecular complexity index is 862. The molecule has 25 heavy (non-hydrogen) atoms. The van der Waals surface area contributed by atoms with Crippen LogP contribution in [0, 0.1) is 0 Å². The summed E-state index contributed by atoms with van der Waals surface area (Å²) < 4.78 is 0. The number of benzene rings is 1. The van der Waals surface area contributed by atoms with E-state index in [1.807, 2.05) is 67.5 Å². The maximum Gasteiger partial charge on any atom is 0.246 e. The summed E-state index contributed by atoms with van der Waals surface area (Å²) in [6.07, 6.45) is 1.71. The number of hydrogen-bond donors (Lipinski definition) is 0. The van der Waals surface area contributed by atoms with E-state index in [1.165, 1.54) is 0 Å². The lowest BCUT2D eigenvalue weighted by Gasteiger charge is -2.26. The normalized spacial score (nSPS) is 15.5. The zero-order valence-electron chi connectivity index (χ0n) is 14.5. The molecule has 0 spiro atoms. The number of fused-ring (bicyclic) bond motifs is 5. The van der Waals surface area contributed by atoms with Crippen molar-refractivity contribution >= 4 is 28.9 Å². The molecule has 2 aliphatic rings. The van der Waals surface area contributed by atoms with E-state index in [1.54, 1.807) is 11.1 Å². The molecule has 2 aromatic rings. The SMILES string of the molecule is CN(C)CC(=O)N1c2ccccc2N2CN(C)N=C2c2cccnc21. The van der Waals surface area contributed by atoms with E-state index in [-0.39, 0.29) is 5.91 Å². The van der Waals surface area contributed by atoms with Gasteiger partial charge in [-0.3, -0.25) is 14.7 Å². The molecule has 0 radical (unpaired) electrons. The summed E-state index contributed by atoms with van der Waals surface area (Å²) in [5, 5.41) is 6.54. The first kappa shape index (κ1) is 15.6. The number of para-hydroxylation sites is 2. The summed E-state index contributed by atoms with van der Waals surface area (Å²) in [6, 6.07) is 11.7. The van der Waals surface area contributed by atoms with Crippen molar-refractivity contribution < 1.29 is 4.79 Å². The minimum atomic E-state index is -0.0208. The van der Waals surface area contributed by atoms with Crippen molar-refractivity contribution in [3.8, 4) is 0 Å². The van der Waals surface area contributed by atoms with Crippen LogP contribution in [0.5, 0.6) is 0 Å². The highest BCUT2D eigenvalue weighted by atomic mass is 16.2. The zero-order chi connectivity index (χ0) is 17.6. The molecule has 0 saturated carbocycles. The Morgan fingerprint density at radius 3 is 2.68 bits per heavy atom. The molecule has 0 unspecified atom stereocenters. The number of amidine groups is 1. The Balaban J connectivity index is 1.97. The summed E-state index contributed by atoms with van der Waals surface area (Å²) in [7, 11) is 5.71. The van der Waals surface area contributed by atoms with Crippen LogP contribution in [0.1, 0.15) is 5.56 Å². The second kappa shape index (κ2) is 5.86. The third-order valence-electron chi connectivity index (χ3n) is 4.22. The number of likely N-dealkylation sites (N-methyl/N-ethyl adjacent to an activating group) is 1. The molecule has 7 nitrogen and oxygen atoms in total. The second-order valence-electron chi connectivity index (χ2n) is 6.48. The molecular formula is C18H20N6O. The van der Waals surface area contributed by atoms with Crippen LogP contribution in [0.2, 0.25) is 0 Å². The fraction of sp³-hybridized carbons (Fsp3) is 0.278. The first-order valence-corrected chi connectivity index (χ1v) is 8.15. The third kappa shape index (κ3) is 2.53. The van der Waals surface area contributed by atoms with Gasteiger partial charge in [0.2, 0.25) is 5.91 Å². The lowest BCUT2D eigenvalue weighted by molar-refractivity contribution is -0.118. The summed E-state index contributed by atoms with van der Waals surface area (Å²) in [6.45, 7) is 0.938. The third-order valence-corrected chi connectivity index (χ3v) is 4.22. The average molecular weight is 336 g/mol. The summed E-state index contributed by atoms with van der Waals surface area (Å²) in [4.78, 5) is 23.3. The molecule has 4 rings (SSSR count). The van der Waals surface area contributed by atoms with Gasteiger partial charge in [-0.1, -0.05) is 12.1 Å². The number of carbonyl (C=O) groups is 1. The van der Waals surface area contributed by atoms with Crippen molar-refractivity contribution in [2.75, 3.05) is 44.2 Å². The number of rotatable bonds is 2. The highest BCUT2D eigenvalue weighted by Crippen LogP contribution is 2.41. The van der Waals surface area contributed by atoms with Crippen molar-refractivity contribution in [3.05, 3.63) is 48.2 Å². The largest absolute Gasteiger partial charge is 0.303 e. The molecule has 1 aromatic carbocycles. The van der Waals surface area contributed by atoms with Gasteiger partial charge in [0.15, 0.2) is 11.7 Å². The fourth-order valence-electron chi connectivity index (χ4n) is 3.25. The number of hydrazone groups is 1. The molecule has 3 heterocycles. The van der Waals surface area contributed by atoms with Crippen molar-refractivity contribution in [2.45, 2.75) is 0 Å². The molecule has 0 N–H and O–H groups in total. The van der Waals surface area contributed by atoms with Crippen molar-refractivity contribution in [3.63, 3.8) is 0 Å². The zero-order valence-corrected chi connectivity index (χ0v) is 14.5. The van der Waals surface area contributed by atoms with Gasteiger partial charge in [0.25, 0.3) is 0 Å². The molecule has 2 aliphatic heterocycles.